The molecule has 1 atom stereocenters. The van der Waals surface area contributed by atoms with E-state index >= 15 is 0 Å². The van der Waals surface area contributed by atoms with E-state index in [0.29, 0.717) is 37.7 Å². The largest absolute Gasteiger partial charge is 0.507 e. The third kappa shape index (κ3) is 4.75. The number of aromatic hydroxyl groups is 1. The Hall–Kier alpha value is -3.95. The molecule has 2 aromatic rings. The SMILES string of the molecule is CC1(C)CC(=O)c2c(O)cc(OCC(=O)N3CCN(C(=O)C4COc5ccccc5O4)CC3)cc2O1. The van der Waals surface area contributed by atoms with E-state index in [1.54, 1.807) is 35.8 Å². The number of carbonyl (C=O) groups is 3. The lowest BCUT2D eigenvalue weighted by Gasteiger charge is -2.37. The molecule has 10 heteroatoms. The number of hydrogen-bond acceptors (Lipinski definition) is 8. The van der Waals surface area contributed by atoms with Crippen LogP contribution in [0.5, 0.6) is 28.7 Å². The van der Waals surface area contributed by atoms with Gasteiger partial charge in [0, 0.05) is 38.3 Å². The van der Waals surface area contributed by atoms with Crippen molar-refractivity contribution in [1.82, 2.24) is 9.80 Å². The van der Waals surface area contributed by atoms with Crippen LogP contribution in [0.3, 0.4) is 0 Å². The molecule has 1 saturated heterocycles. The summed E-state index contributed by atoms with van der Waals surface area (Å²) in [6.45, 7) is 4.94. The Bertz CT molecular complexity index is 1200. The summed E-state index contributed by atoms with van der Waals surface area (Å²) in [7, 11) is 0. The van der Waals surface area contributed by atoms with Crippen molar-refractivity contribution in [3.63, 3.8) is 0 Å². The number of carbonyl (C=O) groups excluding carboxylic acids is 3. The van der Waals surface area contributed by atoms with Gasteiger partial charge in [-0.15, -0.1) is 0 Å². The molecular weight excluding hydrogens is 468 g/mol. The third-order valence-corrected chi connectivity index (χ3v) is 6.40. The maximum Gasteiger partial charge on any atom is 0.267 e. The lowest BCUT2D eigenvalue weighted by molar-refractivity contribution is -0.146. The van der Waals surface area contributed by atoms with E-state index < -0.39 is 11.7 Å². The molecule has 3 aliphatic heterocycles. The van der Waals surface area contributed by atoms with Crippen LogP contribution in [0.25, 0.3) is 0 Å². The standard InChI is InChI=1S/C26H28N2O8/c1-26(2)13-18(30)24-17(29)11-16(12-21(24)36-26)33-15-23(31)27-7-9-28(10-8-27)25(32)22-14-34-19-5-3-4-6-20(19)35-22/h3-6,11-12,22,29H,7-10,13-15H2,1-2H3. The molecule has 3 heterocycles. The Kier molecular flexibility index (Phi) is 6.11. The lowest BCUT2D eigenvalue weighted by atomic mass is 9.92. The predicted molar refractivity (Wildman–Crippen MR) is 127 cm³/mol. The van der Waals surface area contributed by atoms with Crippen molar-refractivity contribution >= 4 is 17.6 Å². The number of phenolic OH excluding ortho intramolecular Hbond substituents is 1. The number of fused-ring (bicyclic) bond motifs is 2. The molecule has 1 N–H and O–H groups in total. The van der Waals surface area contributed by atoms with E-state index in [1.807, 2.05) is 12.1 Å². The first-order valence-corrected chi connectivity index (χ1v) is 11.9. The van der Waals surface area contributed by atoms with Crippen LogP contribution in [-0.2, 0) is 9.59 Å². The fourth-order valence-electron chi connectivity index (χ4n) is 4.59. The number of rotatable bonds is 4. The summed E-state index contributed by atoms with van der Waals surface area (Å²) in [5, 5.41) is 10.3. The fraction of sp³-hybridized carbons (Fsp3) is 0.423. The van der Waals surface area contributed by atoms with E-state index in [-0.39, 0.29) is 60.0 Å². The molecule has 2 amide bonds. The van der Waals surface area contributed by atoms with Gasteiger partial charge in [-0.3, -0.25) is 14.4 Å². The van der Waals surface area contributed by atoms with Gasteiger partial charge in [0.05, 0.1) is 6.42 Å². The molecule has 0 aromatic heterocycles. The van der Waals surface area contributed by atoms with E-state index in [4.69, 9.17) is 18.9 Å². The van der Waals surface area contributed by atoms with Crippen molar-refractivity contribution in [1.29, 1.82) is 0 Å². The van der Waals surface area contributed by atoms with Crippen LogP contribution in [0, 0.1) is 0 Å². The average molecular weight is 497 g/mol. The van der Waals surface area contributed by atoms with Gasteiger partial charge in [0.1, 0.15) is 35.0 Å². The van der Waals surface area contributed by atoms with Crippen molar-refractivity contribution in [3.8, 4) is 28.7 Å². The van der Waals surface area contributed by atoms with Crippen LogP contribution in [0.4, 0.5) is 0 Å². The molecule has 2 aromatic carbocycles. The van der Waals surface area contributed by atoms with E-state index in [9.17, 15) is 19.5 Å². The third-order valence-electron chi connectivity index (χ3n) is 6.40. The molecule has 10 nitrogen and oxygen atoms in total. The van der Waals surface area contributed by atoms with Crippen molar-refractivity contribution in [2.75, 3.05) is 39.4 Å². The monoisotopic (exact) mass is 496 g/mol. The van der Waals surface area contributed by atoms with Gasteiger partial charge in [0.25, 0.3) is 11.8 Å². The molecule has 1 fully saturated rings. The summed E-state index contributed by atoms with van der Waals surface area (Å²) in [6, 6.07) is 10.0. The average Bonchev–Trinajstić information content (AvgIpc) is 2.85. The summed E-state index contributed by atoms with van der Waals surface area (Å²) in [6.07, 6.45) is -0.560. The molecule has 0 spiro atoms. The molecule has 0 aliphatic carbocycles. The minimum atomic E-state index is -0.721. The molecule has 36 heavy (non-hydrogen) atoms. The maximum absolute atomic E-state index is 12.9. The van der Waals surface area contributed by atoms with Gasteiger partial charge < -0.3 is 33.9 Å². The van der Waals surface area contributed by atoms with Crippen LogP contribution in [-0.4, -0.2) is 83.6 Å². The minimum Gasteiger partial charge on any atom is -0.507 e. The zero-order chi connectivity index (χ0) is 25.4. The van der Waals surface area contributed by atoms with Gasteiger partial charge in [-0.2, -0.15) is 0 Å². The Morgan fingerprint density at radius 3 is 2.50 bits per heavy atom. The van der Waals surface area contributed by atoms with Crippen molar-refractivity contribution in [2.24, 2.45) is 0 Å². The van der Waals surface area contributed by atoms with Crippen molar-refractivity contribution in [2.45, 2.75) is 32.0 Å². The molecule has 0 radical (unpaired) electrons. The summed E-state index contributed by atoms with van der Waals surface area (Å²) in [5.74, 6) is 0.765. The summed E-state index contributed by atoms with van der Waals surface area (Å²) < 4.78 is 22.9. The number of Topliss-reactive ketones (excluding diaryl/α,β-unsaturated/α-hetero) is 1. The van der Waals surface area contributed by atoms with Gasteiger partial charge in [0.15, 0.2) is 23.9 Å². The number of nitrogens with zero attached hydrogens (tertiary/aromatic N) is 2. The highest BCUT2D eigenvalue weighted by Gasteiger charge is 2.36. The van der Waals surface area contributed by atoms with Gasteiger partial charge in [0.2, 0.25) is 6.10 Å². The normalized spacial score (nSPS) is 20.3. The molecule has 0 bridgehead atoms. The van der Waals surface area contributed by atoms with E-state index in [0.717, 1.165) is 0 Å². The minimum absolute atomic E-state index is 0.129. The van der Waals surface area contributed by atoms with Crippen LogP contribution in [0.15, 0.2) is 36.4 Å². The zero-order valence-electron chi connectivity index (χ0n) is 20.2. The first-order valence-electron chi connectivity index (χ1n) is 11.9. The second kappa shape index (κ2) is 9.25. The lowest BCUT2D eigenvalue weighted by Crippen LogP contribution is -2.55. The van der Waals surface area contributed by atoms with Gasteiger partial charge in [-0.05, 0) is 26.0 Å². The highest BCUT2D eigenvalue weighted by molar-refractivity contribution is 6.03. The Morgan fingerprint density at radius 2 is 1.75 bits per heavy atom. The van der Waals surface area contributed by atoms with Crippen LogP contribution < -0.4 is 18.9 Å². The number of para-hydroxylation sites is 2. The van der Waals surface area contributed by atoms with Crippen molar-refractivity contribution in [3.05, 3.63) is 42.0 Å². The topological polar surface area (TPSA) is 115 Å². The van der Waals surface area contributed by atoms with Crippen LogP contribution in [0.2, 0.25) is 0 Å². The first kappa shape index (κ1) is 23.8. The number of benzene rings is 2. The Labute approximate surface area is 208 Å². The number of ether oxygens (including phenoxy) is 4. The summed E-state index contributed by atoms with van der Waals surface area (Å²) in [4.78, 5) is 41.3. The van der Waals surface area contributed by atoms with E-state index in [2.05, 4.69) is 0 Å². The number of amides is 2. The predicted octanol–water partition coefficient (Wildman–Crippen LogP) is 2.03. The van der Waals surface area contributed by atoms with Gasteiger partial charge in [-0.1, -0.05) is 12.1 Å². The second-order valence-electron chi connectivity index (χ2n) is 9.64. The number of phenols is 1. The first-order chi connectivity index (χ1) is 17.2. The quantitative estimate of drug-likeness (QED) is 0.684. The van der Waals surface area contributed by atoms with Gasteiger partial charge >= 0.3 is 0 Å². The van der Waals surface area contributed by atoms with Gasteiger partial charge in [-0.25, -0.2) is 0 Å². The maximum atomic E-state index is 12.9. The molecule has 3 aliphatic rings. The van der Waals surface area contributed by atoms with E-state index in [1.165, 1.54) is 12.1 Å². The van der Waals surface area contributed by atoms with Crippen molar-refractivity contribution < 1.29 is 38.4 Å². The molecule has 5 rings (SSSR count). The molecule has 0 saturated carbocycles. The smallest absolute Gasteiger partial charge is 0.267 e. The van der Waals surface area contributed by atoms with Crippen LogP contribution in [0.1, 0.15) is 30.6 Å². The van der Waals surface area contributed by atoms with Crippen LogP contribution >= 0.6 is 0 Å². The Morgan fingerprint density at radius 1 is 1.06 bits per heavy atom. The highest BCUT2D eigenvalue weighted by Crippen LogP contribution is 2.41. The molecular formula is C26H28N2O8. The highest BCUT2D eigenvalue weighted by atomic mass is 16.6. The number of ketones is 1. The Balaban J connectivity index is 1.14. The molecule has 190 valence electrons. The molecule has 1 unspecified atom stereocenters. The fourth-order valence-corrected chi connectivity index (χ4v) is 4.59. The second-order valence-corrected chi connectivity index (χ2v) is 9.64. The summed E-state index contributed by atoms with van der Waals surface area (Å²) in [5.41, 5.74) is -0.565. The summed E-state index contributed by atoms with van der Waals surface area (Å²) >= 11 is 0. The zero-order valence-corrected chi connectivity index (χ0v) is 20.2. The number of piperazine rings is 1. The number of hydrogen-bond donors (Lipinski definition) is 1.